The number of ether oxygens (including phenoxy) is 14. The van der Waals surface area contributed by atoms with Crippen LogP contribution in [0, 0.1) is 0 Å². The maximum absolute atomic E-state index is 16.6. The molecule has 0 bridgehead atoms. The van der Waals surface area contributed by atoms with Crippen LogP contribution in [0.2, 0.25) is 5.04 Å². The third-order valence-electron chi connectivity index (χ3n) is 22.7. The molecule has 124 heavy (non-hydrogen) atoms. The fourth-order valence-corrected chi connectivity index (χ4v) is 21.0. The second kappa shape index (κ2) is 44.5. The van der Waals surface area contributed by atoms with Crippen LogP contribution in [0.3, 0.4) is 0 Å². The number of hydrogen-bond donors (Lipinski definition) is 1. The van der Waals surface area contributed by atoms with Crippen LogP contribution < -0.4 is 10.4 Å². The van der Waals surface area contributed by atoms with E-state index in [0.29, 0.717) is 0 Å². The Morgan fingerprint density at radius 2 is 0.653 bits per heavy atom. The highest BCUT2D eigenvalue weighted by atomic mass is 28.4. The number of carbonyl (C=O) groups excluding carboxylic acids is 1. The highest BCUT2D eigenvalue weighted by Crippen LogP contribution is 2.46. The van der Waals surface area contributed by atoms with E-state index in [4.69, 9.17) is 70.7 Å². The van der Waals surface area contributed by atoms with Crippen LogP contribution in [0.1, 0.15) is 76.4 Å². The molecule has 640 valence electrons. The topological polar surface area (TPSA) is 176 Å². The van der Waals surface area contributed by atoms with Gasteiger partial charge in [-0.05, 0) is 83.2 Å². The van der Waals surface area contributed by atoms with Gasteiger partial charge in [0.15, 0.2) is 24.5 Å². The molecule has 12 aromatic carbocycles. The van der Waals surface area contributed by atoms with Gasteiger partial charge in [0, 0.05) is 0 Å². The molecule has 0 aliphatic carbocycles. The van der Waals surface area contributed by atoms with Crippen molar-refractivity contribution in [1.29, 1.82) is 0 Å². The van der Waals surface area contributed by atoms with E-state index in [1.807, 2.05) is 315 Å². The maximum Gasteiger partial charge on any atom is 0.261 e. The van der Waals surface area contributed by atoms with Gasteiger partial charge in [-0.3, -0.25) is 4.79 Å². The fraction of sp³-hybridized carbons (Fsp3) is 0.292. The smallest absolute Gasteiger partial charge is 0.261 e. The van der Waals surface area contributed by atoms with Gasteiger partial charge in [-0.15, -0.1) is 0 Å². The van der Waals surface area contributed by atoms with E-state index in [2.05, 4.69) is 69.3 Å². The summed E-state index contributed by atoms with van der Waals surface area (Å²) in [5, 5.41) is 15.7. The van der Waals surface area contributed by atoms with Gasteiger partial charge in [0.25, 0.3) is 8.32 Å². The quantitative estimate of drug-likeness (QED) is 0.0282. The summed E-state index contributed by atoms with van der Waals surface area (Å²) in [5.74, 6) is -2.88. The van der Waals surface area contributed by atoms with Crippen LogP contribution in [0.15, 0.2) is 376 Å². The van der Waals surface area contributed by atoms with Gasteiger partial charge in [-0.2, -0.15) is 0 Å². The average molecular weight is 1680 g/mol. The molecule has 1 N–H and O–H groups in total. The Morgan fingerprint density at radius 1 is 0.355 bits per heavy atom. The predicted octanol–water partition coefficient (Wildman–Crippen LogP) is 17.7. The van der Waals surface area contributed by atoms with Crippen LogP contribution in [-0.2, 0) is 142 Å². The summed E-state index contributed by atoms with van der Waals surface area (Å²) in [6.07, 6.45) is -14.4. The first-order chi connectivity index (χ1) is 60.9. The number of rotatable bonds is 42. The van der Waals surface area contributed by atoms with Crippen LogP contribution in [-0.4, -0.2) is 124 Å². The second-order valence-electron chi connectivity index (χ2n) is 32.5. The lowest BCUT2D eigenvalue weighted by atomic mass is 9.93. The molecule has 0 aromatic heterocycles. The van der Waals surface area contributed by atoms with E-state index in [-0.39, 0.29) is 79.3 Å². The van der Waals surface area contributed by atoms with Gasteiger partial charge < -0.3 is 75.8 Å². The summed E-state index contributed by atoms with van der Waals surface area (Å²) in [6.45, 7) is 6.89. The summed E-state index contributed by atoms with van der Waals surface area (Å²) in [4.78, 5) is 16.6. The zero-order valence-electron chi connectivity index (χ0n) is 70.3. The van der Waals surface area contributed by atoms with Crippen molar-refractivity contribution < 1.29 is 80.6 Å². The van der Waals surface area contributed by atoms with Gasteiger partial charge in [-0.25, -0.2) is 0 Å². The van der Waals surface area contributed by atoms with Crippen LogP contribution in [0.25, 0.3) is 0 Å². The second-order valence-corrected chi connectivity index (χ2v) is 36.8. The Balaban J connectivity index is 0.892. The minimum absolute atomic E-state index is 0.00703. The van der Waals surface area contributed by atoms with Crippen molar-refractivity contribution in [3.05, 3.63) is 432 Å². The molecule has 12 aromatic rings. The SMILES string of the molecule is CC(C)(C)[Si](OC[C@H]1O[C@](O[C@H]2O[C@H](/C=C\C(=O)[C@H]3O[C@H](OCc4ccccc4)[C@@H](OCc4ccccc4)[C@@H](OCc4ccccc4)[C@@H]3OCc3ccccc3)[C@@H](OCc3ccccc3)[C@H](OCc3ccccc3)[C@H]2OCc2ccccc2)(C(O)COCc2ccccc2)[C@@H](OCc2ccccc2)[C@@H]1OCc1ccccc1)(c1ccccc1)c1ccccc1. The van der Waals surface area contributed by atoms with Crippen molar-refractivity contribution in [2.45, 2.75) is 183 Å². The largest absolute Gasteiger partial charge is 0.405 e. The minimum atomic E-state index is -3.42. The van der Waals surface area contributed by atoms with E-state index in [9.17, 15) is 5.11 Å². The molecule has 1 unspecified atom stereocenters. The molecular weight excluding hydrogens is 1570 g/mol. The van der Waals surface area contributed by atoms with Crippen LogP contribution in [0.5, 0.6) is 0 Å². The van der Waals surface area contributed by atoms with E-state index >= 15 is 4.79 Å². The zero-order chi connectivity index (χ0) is 85.0. The predicted molar refractivity (Wildman–Crippen MR) is 477 cm³/mol. The van der Waals surface area contributed by atoms with Crippen molar-refractivity contribution in [2.75, 3.05) is 13.2 Å². The first-order valence-corrected chi connectivity index (χ1v) is 44.7. The Hall–Kier alpha value is -10.4. The zero-order valence-corrected chi connectivity index (χ0v) is 71.3. The average Bonchev–Trinajstić information content (AvgIpc) is 1.46. The van der Waals surface area contributed by atoms with E-state index < -0.39 is 111 Å². The van der Waals surface area contributed by atoms with Gasteiger partial charge in [0.1, 0.15) is 67.1 Å². The number of carbonyl (C=O) groups is 1. The minimum Gasteiger partial charge on any atom is -0.405 e. The van der Waals surface area contributed by atoms with Crippen LogP contribution in [0.4, 0.5) is 0 Å². The normalized spacial score (nSPS) is 23.1. The lowest BCUT2D eigenvalue weighted by Crippen LogP contribution is -2.67. The number of aliphatic hydroxyl groups excluding tert-OH is 1. The van der Waals surface area contributed by atoms with Gasteiger partial charge in [0.2, 0.25) is 5.79 Å². The van der Waals surface area contributed by atoms with Gasteiger partial charge in [0.05, 0.1) is 79.3 Å². The summed E-state index contributed by atoms with van der Waals surface area (Å²) >= 11 is 0. The molecule has 0 spiro atoms. The van der Waals surface area contributed by atoms with E-state index in [1.54, 1.807) is 6.08 Å². The Morgan fingerprint density at radius 3 is 1.02 bits per heavy atom. The van der Waals surface area contributed by atoms with Crippen molar-refractivity contribution in [3.8, 4) is 0 Å². The summed E-state index contributed by atoms with van der Waals surface area (Å²) in [7, 11) is -3.42. The fourth-order valence-electron chi connectivity index (χ4n) is 16.4. The lowest BCUT2D eigenvalue weighted by Gasteiger charge is -2.49. The Labute approximate surface area is 729 Å². The Kier molecular flexibility index (Phi) is 31.7. The van der Waals surface area contributed by atoms with Crippen molar-refractivity contribution in [1.82, 2.24) is 0 Å². The van der Waals surface area contributed by atoms with E-state index in [1.165, 1.54) is 6.08 Å². The number of benzene rings is 12. The first-order valence-electron chi connectivity index (χ1n) is 42.8. The molecule has 3 fully saturated rings. The molecule has 3 saturated heterocycles. The number of hydrogen-bond acceptors (Lipinski definition) is 17. The third kappa shape index (κ3) is 23.2. The molecule has 17 nitrogen and oxygen atoms in total. The third-order valence-corrected chi connectivity index (χ3v) is 27.7. The molecule has 0 radical (unpaired) electrons. The molecule has 3 heterocycles. The number of ketones is 1. The first kappa shape index (κ1) is 88.5. The van der Waals surface area contributed by atoms with Crippen LogP contribution >= 0.6 is 0 Å². The molecule has 3 aliphatic heterocycles. The monoisotopic (exact) mass is 1680 g/mol. The molecular formula is C106H110O17Si. The van der Waals surface area contributed by atoms with Gasteiger partial charge >= 0.3 is 0 Å². The number of aliphatic hydroxyl groups is 1. The molecule has 15 atom stereocenters. The highest BCUT2D eigenvalue weighted by Gasteiger charge is 2.66. The standard InChI is InChI=1S/C106H110O17Si/c1-105(2,3)124(88-60-36-14-37-61-88,89-62-38-15-39-63-89)119-76-92-96(111-68-80-44-20-6-21-45-80)102(117-74-86-56-32-12-33-57-86)106(122-92,93(108)77-109-66-78-40-16-4-17-41-78)123-104-101(116-73-85-54-30-11-31-55-85)98(113-70-82-48-24-8-25-49-82)95(110-67-79-42-18-5-19-43-79)91(120-104)65-64-90(107)94-97(112-69-81-46-22-7-23-47-81)99(114-71-83-50-26-9-27-51-83)100(115-72-84-52-28-10-29-53-84)103(121-94)118-75-87-58-34-13-35-59-87/h4-65,91-104,108H,66-77H2,1-3H3/b65-64-/t91-,92-,93?,94-,95-,96-,97-,98+,99+,100+,101-,102+,103+,104-,106+/m1/s1. The molecule has 18 heteroatoms. The van der Waals surface area contributed by atoms with Crippen molar-refractivity contribution in [3.63, 3.8) is 0 Å². The molecule has 0 saturated carbocycles. The molecule has 0 amide bonds. The summed E-state index contributed by atoms with van der Waals surface area (Å²) in [6, 6.07) is 119. The summed E-state index contributed by atoms with van der Waals surface area (Å²) in [5.41, 5.74) is 8.52. The molecule has 15 rings (SSSR count). The Bertz CT molecular complexity index is 5060. The maximum atomic E-state index is 16.6. The van der Waals surface area contributed by atoms with Gasteiger partial charge in [-0.1, -0.05) is 385 Å². The van der Waals surface area contributed by atoms with Crippen molar-refractivity contribution >= 4 is 24.5 Å². The van der Waals surface area contributed by atoms with E-state index in [0.717, 1.165) is 66.0 Å². The molecule has 3 aliphatic rings. The van der Waals surface area contributed by atoms with Crippen molar-refractivity contribution in [2.24, 2.45) is 0 Å². The summed E-state index contributed by atoms with van der Waals surface area (Å²) < 4.78 is 111. The highest BCUT2D eigenvalue weighted by molar-refractivity contribution is 6.99. The lowest BCUT2D eigenvalue weighted by molar-refractivity contribution is -0.404.